The number of ether oxygens (including phenoxy) is 1. The van der Waals surface area contributed by atoms with Crippen molar-refractivity contribution in [2.75, 3.05) is 0 Å². The topological polar surface area (TPSA) is 81.4 Å². The molecule has 27 heavy (non-hydrogen) atoms. The minimum absolute atomic E-state index is 0.227. The van der Waals surface area contributed by atoms with E-state index in [-0.39, 0.29) is 11.5 Å². The molecule has 6 heteroatoms. The van der Waals surface area contributed by atoms with Gasteiger partial charge in [0, 0.05) is 36.0 Å². The lowest BCUT2D eigenvalue weighted by molar-refractivity contribution is -0.127. The molecule has 140 valence electrons. The van der Waals surface area contributed by atoms with Gasteiger partial charge < -0.3 is 14.5 Å². The molecule has 1 N–H and O–H groups in total. The molecule has 1 atom stereocenters. The highest BCUT2D eigenvalue weighted by atomic mass is 16.5. The molecular formula is C21H22N2O4. The third-order valence-electron chi connectivity index (χ3n) is 4.47. The summed E-state index contributed by atoms with van der Waals surface area (Å²) in [7, 11) is 0. The lowest BCUT2D eigenvalue weighted by Gasteiger charge is -2.17. The number of carbonyl (C=O) groups excluding carboxylic acids is 1. The Hall–Kier alpha value is -3.15. The van der Waals surface area contributed by atoms with Crippen LogP contribution in [0.15, 0.2) is 51.9 Å². The highest BCUT2D eigenvalue weighted by Gasteiger charge is 2.17. The van der Waals surface area contributed by atoms with Crippen LogP contribution in [0, 0.1) is 6.92 Å². The number of aryl methyl sites for hydroxylation is 2. The van der Waals surface area contributed by atoms with Gasteiger partial charge in [-0.3, -0.25) is 9.78 Å². The molecule has 3 aromatic rings. The first-order valence-electron chi connectivity index (χ1n) is 8.89. The van der Waals surface area contributed by atoms with Crippen LogP contribution in [0.25, 0.3) is 11.0 Å². The highest BCUT2D eigenvalue weighted by molar-refractivity contribution is 5.85. The van der Waals surface area contributed by atoms with E-state index in [4.69, 9.17) is 9.15 Å². The van der Waals surface area contributed by atoms with Gasteiger partial charge in [-0.1, -0.05) is 6.92 Å². The summed E-state index contributed by atoms with van der Waals surface area (Å²) in [4.78, 5) is 28.1. The van der Waals surface area contributed by atoms with Gasteiger partial charge in [0.15, 0.2) is 6.10 Å². The smallest absolute Gasteiger partial charge is 0.336 e. The number of hydrogen-bond donors (Lipinski definition) is 1. The van der Waals surface area contributed by atoms with Crippen molar-refractivity contribution >= 4 is 16.9 Å². The van der Waals surface area contributed by atoms with Gasteiger partial charge in [-0.25, -0.2) is 4.79 Å². The largest absolute Gasteiger partial charge is 0.480 e. The lowest BCUT2D eigenvalue weighted by Crippen LogP contribution is -2.36. The van der Waals surface area contributed by atoms with Crippen molar-refractivity contribution in [3.05, 3.63) is 69.8 Å². The van der Waals surface area contributed by atoms with Crippen LogP contribution in [0.3, 0.4) is 0 Å². The van der Waals surface area contributed by atoms with Gasteiger partial charge in [0.25, 0.3) is 5.91 Å². The van der Waals surface area contributed by atoms with Gasteiger partial charge in [0.1, 0.15) is 11.3 Å². The Kier molecular flexibility index (Phi) is 5.54. The quantitative estimate of drug-likeness (QED) is 0.678. The first-order chi connectivity index (χ1) is 13.0. The average molecular weight is 366 g/mol. The van der Waals surface area contributed by atoms with Crippen LogP contribution in [0.5, 0.6) is 5.75 Å². The van der Waals surface area contributed by atoms with Crippen molar-refractivity contribution in [3.63, 3.8) is 0 Å². The second-order valence-electron chi connectivity index (χ2n) is 6.34. The number of nitrogens with one attached hydrogen (secondary N) is 1. The first-order valence-corrected chi connectivity index (χ1v) is 8.89. The molecule has 0 aliphatic rings. The van der Waals surface area contributed by atoms with E-state index in [0.717, 1.165) is 22.9 Å². The number of rotatable bonds is 6. The molecule has 0 aliphatic heterocycles. The molecular weight excluding hydrogens is 344 g/mol. The van der Waals surface area contributed by atoms with E-state index in [9.17, 15) is 9.59 Å². The van der Waals surface area contributed by atoms with E-state index in [1.807, 2.05) is 38.1 Å². The van der Waals surface area contributed by atoms with E-state index in [2.05, 4.69) is 10.3 Å². The number of aromatic nitrogens is 1. The Morgan fingerprint density at radius 3 is 2.70 bits per heavy atom. The number of carbonyl (C=O) groups is 1. The van der Waals surface area contributed by atoms with Crippen molar-refractivity contribution in [1.82, 2.24) is 10.3 Å². The second kappa shape index (κ2) is 8.03. The van der Waals surface area contributed by atoms with Crippen LogP contribution in [-0.4, -0.2) is 17.0 Å². The summed E-state index contributed by atoms with van der Waals surface area (Å²) in [6.45, 7) is 5.90. The Balaban J connectivity index is 1.76. The minimum atomic E-state index is -0.691. The Morgan fingerprint density at radius 1 is 1.26 bits per heavy atom. The van der Waals surface area contributed by atoms with Gasteiger partial charge in [-0.2, -0.15) is 0 Å². The number of fused-ring (bicyclic) bond motifs is 1. The molecule has 0 saturated carbocycles. The third-order valence-corrected chi connectivity index (χ3v) is 4.47. The van der Waals surface area contributed by atoms with Gasteiger partial charge in [-0.15, -0.1) is 0 Å². The third kappa shape index (κ3) is 4.16. The van der Waals surface area contributed by atoms with E-state index < -0.39 is 6.10 Å². The number of pyridine rings is 1. The molecule has 3 rings (SSSR count). The number of hydrogen-bond acceptors (Lipinski definition) is 5. The van der Waals surface area contributed by atoms with Crippen molar-refractivity contribution in [2.24, 2.45) is 0 Å². The molecule has 2 heterocycles. The normalized spacial score (nSPS) is 12.0. The fraction of sp³-hybridized carbons (Fsp3) is 0.286. The Bertz CT molecular complexity index is 1010. The summed E-state index contributed by atoms with van der Waals surface area (Å²) in [6, 6.07) is 8.86. The summed E-state index contributed by atoms with van der Waals surface area (Å²) >= 11 is 0. The second-order valence-corrected chi connectivity index (χ2v) is 6.34. The number of amides is 1. The zero-order valence-electron chi connectivity index (χ0n) is 15.6. The lowest BCUT2D eigenvalue weighted by atomic mass is 10.0. The van der Waals surface area contributed by atoms with Crippen LogP contribution in [0.1, 0.15) is 30.5 Å². The zero-order valence-corrected chi connectivity index (χ0v) is 15.6. The van der Waals surface area contributed by atoms with Crippen LogP contribution in [0.4, 0.5) is 0 Å². The van der Waals surface area contributed by atoms with Gasteiger partial charge in [0.05, 0.1) is 0 Å². The van der Waals surface area contributed by atoms with E-state index in [0.29, 0.717) is 23.4 Å². The van der Waals surface area contributed by atoms with E-state index in [1.165, 1.54) is 6.07 Å². The molecule has 0 fully saturated rings. The fourth-order valence-corrected chi connectivity index (χ4v) is 2.91. The molecule has 0 bridgehead atoms. The highest BCUT2D eigenvalue weighted by Crippen LogP contribution is 2.29. The molecule has 0 aliphatic carbocycles. The fourth-order valence-electron chi connectivity index (χ4n) is 2.91. The van der Waals surface area contributed by atoms with E-state index >= 15 is 0 Å². The molecule has 0 spiro atoms. The van der Waals surface area contributed by atoms with E-state index in [1.54, 1.807) is 19.3 Å². The predicted octanol–water partition coefficient (Wildman–Crippen LogP) is 3.14. The minimum Gasteiger partial charge on any atom is -0.480 e. The summed E-state index contributed by atoms with van der Waals surface area (Å²) in [5.41, 5.74) is 2.71. The van der Waals surface area contributed by atoms with Crippen molar-refractivity contribution in [2.45, 2.75) is 39.8 Å². The average Bonchev–Trinajstić information content (AvgIpc) is 2.68. The van der Waals surface area contributed by atoms with Gasteiger partial charge in [-0.05, 0) is 55.7 Å². The molecule has 1 aromatic carbocycles. The monoisotopic (exact) mass is 366 g/mol. The molecule has 1 amide bonds. The SMILES string of the molecule is CCc1cc(=O)oc2c(C)c(O[C@@H](C)C(=O)NCc3ccncc3)ccc12. The first kappa shape index (κ1) is 18.6. The number of benzene rings is 1. The summed E-state index contributed by atoms with van der Waals surface area (Å²) in [5.74, 6) is 0.292. The van der Waals surface area contributed by atoms with Gasteiger partial charge in [0.2, 0.25) is 0 Å². The maximum atomic E-state index is 12.3. The Morgan fingerprint density at radius 2 is 2.00 bits per heavy atom. The van der Waals surface area contributed by atoms with Crippen LogP contribution in [0.2, 0.25) is 0 Å². The Labute approximate surface area is 157 Å². The van der Waals surface area contributed by atoms with Crippen molar-refractivity contribution in [3.8, 4) is 5.75 Å². The molecule has 6 nitrogen and oxygen atoms in total. The molecule has 0 unspecified atom stereocenters. The van der Waals surface area contributed by atoms with Crippen molar-refractivity contribution < 1.29 is 13.9 Å². The summed E-state index contributed by atoms with van der Waals surface area (Å²) < 4.78 is 11.2. The van der Waals surface area contributed by atoms with Crippen LogP contribution >= 0.6 is 0 Å². The zero-order chi connectivity index (χ0) is 19.4. The molecule has 2 aromatic heterocycles. The number of nitrogens with zero attached hydrogens (tertiary/aromatic N) is 1. The predicted molar refractivity (Wildman–Crippen MR) is 103 cm³/mol. The molecule has 0 saturated heterocycles. The maximum Gasteiger partial charge on any atom is 0.336 e. The maximum absolute atomic E-state index is 12.3. The van der Waals surface area contributed by atoms with Gasteiger partial charge >= 0.3 is 5.63 Å². The summed E-state index contributed by atoms with van der Waals surface area (Å²) in [5, 5.41) is 3.72. The van der Waals surface area contributed by atoms with Crippen LogP contribution < -0.4 is 15.7 Å². The summed E-state index contributed by atoms with van der Waals surface area (Å²) in [6.07, 6.45) is 3.40. The standard InChI is InChI=1S/C21H22N2O4/c1-4-16-11-19(24)27-20-13(2)18(6-5-17(16)20)26-14(3)21(25)23-12-15-7-9-22-10-8-15/h5-11,14H,4,12H2,1-3H3,(H,23,25)/t14-/m0/s1. The van der Waals surface area contributed by atoms with Crippen molar-refractivity contribution in [1.29, 1.82) is 0 Å². The molecule has 0 radical (unpaired) electrons. The van der Waals surface area contributed by atoms with Crippen LogP contribution in [-0.2, 0) is 17.8 Å².